The maximum absolute atomic E-state index is 13.4. The van der Waals surface area contributed by atoms with Gasteiger partial charge in [-0.15, -0.1) is 0 Å². The van der Waals surface area contributed by atoms with Gasteiger partial charge >= 0.3 is 0 Å². The summed E-state index contributed by atoms with van der Waals surface area (Å²) in [4.78, 5) is 24.9. The molecule has 2 aromatic carbocycles. The Hall–Kier alpha value is -3.75. The number of aromatic nitrogens is 2. The maximum Gasteiger partial charge on any atom is 0.249 e. The van der Waals surface area contributed by atoms with Crippen LogP contribution in [-0.4, -0.2) is 28.7 Å². The van der Waals surface area contributed by atoms with E-state index in [1.165, 1.54) is 10.7 Å². The van der Waals surface area contributed by atoms with Crippen LogP contribution < -0.4 is 15.4 Å². The number of hydrogen-bond acceptors (Lipinski definition) is 4. The van der Waals surface area contributed by atoms with E-state index in [2.05, 4.69) is 15.7 Å². The number of nitrogens with zero attached hydrogens (tertiary/aromatic N) is 2. The van der Waals surface area contributed by atoms with E-state index in [0.29, 0.717) is 17.1 Å². The molecule has 4 rings (SSSR count). The number of fused-ring (bicyclic) bond motifs is 1. The average Bonchev–Trinajstić information content (AvgIpc) is 3.13. The molecule has 7 nitrogen and oxygen atoms in total. The molecule has 1 aliphatic rings. The van der Waals surface area contributed by atoms with Crippen molar-refractivity contribution in [2.24, 2.45) is 0 Å². The van der Waals surface area contributed by atoms with Crippen molar-refractivity contribution in [3.8, 4) is 16.9 Å². The summed E-state index contributed by atoms with van der Waals surface area (Å²) in [5.41, 5.74) is 1.52. The molecule has 0 fully saturated rings. The minimum Gasteiger partial charge on any atom is -0.497 e. The van der Waals surface area contributed by atoms with E-state index in [4.69, 9.17) is 4.74 Å². The molecular weight excluding hydrogens is 382 g/mol. The van der Waals surface area contributed by atoms with Gasteiger partial charge in [-0.3, -0.25) is 9.59 Å². The van der Waals surface area contributed by atoms with Crippen molar-refractivity contribution in [3.63, 3.8) is 0 Å². The van der Waals surface area contributed by atoms with Gasteiger partial charge < -0.3 is 15.4 Å². The molecule has 148 valence electrons. The quantitative estimate of drug-likeness (QED) is 0.706. The van der Waals surface area contributed by atoms with E-state index < -0.39 is 23.6 Å². The van der Waals surface area contributed by atoms with Crippen LogP contribution in [0.5, 0.6) is 5.75 Å². The monoisotopic (exact) mass is 398 g/mol. The van der Waals surface area contributed by atoms with Crippen molar-refractivity contribution in [1.29, 1.82) is 0 Å². The minimum absolute atomic E-state index is 0.0870. The first-order chi connectivity index (χ1) is 14.0. The molecule has 0 radical (unpaired) electrons. The Morgan fingerprint density at radius 3 is 2.66 bits per heavy atom. The number of ether oxygens (including phenoxy) is 1. The summed E-state index contributed by atoms with van der Waals surface area (Å²) in [5.74, 6) is -1.93. The number of rotatable bonds is 4. The molecule has 2 N–H and O–H groups in total. The third-order valence-corrected chi connectivity index (χ3v) is 4.62. The number of carbonyl (C=O) groups excluding carboxylic acids is 2. The first kappa shape index (κ1) is 18.6. The fraction of sp³-hybridized carbons (Fsp3) is 0.150. The van der Waals surface area contributed by atoms with Crippen molar-refractivity contribution in [2.45, 2.75) is 12.5 Å². The number of amides is 2. The number of halogens is 2. The lowest BCUT2D eigenvalue weighted by molar-refractivity contribution is -0.125. The van der Waals surface area contributed by atoms with Crippen LogP contribution in [0.1, 0.15) is 12.5 Å². The van der Waals surface area contributed by atoms with E-state index in [0.717, 1.165) is 17.7 Å². The van der Waals surface area contributed by atoms with E-state index in [1.54, 1.807) is 25.4 Å². The fourth-order valence-electron chi connectivity index (χ4n) is 3.15. The molecule has 2 amide bonds. The summed E-state index contributed by atoms with van der Waals surface area (Å²) in [6, 6.07) is 9.28. The summed E-state index contributed by atoms with van der Waals surface area (Å²) in [6.45, 7) is 0. The van der Waals surface area contributed by atoms with Crippen LogP contribution in [0, 0.1) is 11.6 Å². The van der Waals surface area contributed by atoms with Crippen LogP contribution in [0.15, 0.2) is 48.7 Å². The Bertz CT molecular complexity index is 1100. The number of hydrogen-bond donors (Lipinski definition) is 2. The van der Waals surface area contributed by atoms with Crippen molar-refractivity contribution in [1.82, 2.24) is 9.78 Å². The second-order valence-electron chi connectivity index (χ2n) is 6.47. The number of anilines is 2. The van der Waals surface area contributed by atoms with E-state index in [-0.39, 0.29) is 18.0 Å². The Morgan fingerprint density at radius 1 is 1.21 bits per heavy atom. The molecule has 1 aliphatic heterocycles. The molecule has 0 saturated carbocycles. The lowest BCUT2D eigenvalue weighted by Crippen LogP contribution is -2.35. The smallest absolute Gasteiger partial charge is 0.249 e. The summed E-state index contributed by atoms with van der Waals surface area (Å²) < 4.78 is 33.0. The molecule has 0 spiro atoms. The topological polar surface area (TPSA) is 85.2 Å². The van der Waals surface area contributed by atoms with Gasteiger partial charge in [0.15, 0.2) is 11.6 Å². The zero-order chi connectivity index (χ0) is 20.5. The lowest BCUT2D eigenvalue weighted by Gasteiger charge is -2.24. The van der Waals surface area contributed by atoms with Gasteiger partial charge in [-0.05, 0) is 29.8 Å². The highest BCUT2D eigenvalue weighted by Gasteiger charge is 2.33. The van der Waals surface area contributed by atoms with E-state index >= 15 is 0 Å². The van der Waals surface area contributed by atoms with Gasteiger partial charge in [0.2, 0.25) is 11.8 Å². The zero-order valence-corrected chi connectivity index (χ0v) is 15.3. The molecule has 0 aliphatic carbocycles. The van der Waals surface area contributed by atoms with Crippen molar-refractivity contribution >= 4 is 23.3 Å². The van der Waals surface area contributed by atoms with Crippen LogP contribution in [0.2, 0.25) is 0 Å². The molecule has 0 unspecified atom stereocenters. The number of benzene rings is 2. The third kappa shape index (κ3) is 3.54. The molecule has 1 atom stereocenters. The predicted molar refractivity (Wildman–Crippen MR) is 101 cm³/mol. The summed E-state index contributed by atoms with van der Waals surface area (Å²) in [7, 11) is 1.56. The van der Waals surface area contributed by atoms with Crippen LogP contribution in [0.25, 0.3) is 11.1 Å². The average molecular weight is 398 g/mol. The fourth-order valence-corrected chi connectivity index (χ4v) is 3.15. The van der Waals surface area contributed by atoms with Crippen LogP contribution in [0.4, 0.5) is 20.3 Å². The van der Waals surface area contributed by atoms with Gasteiger partial charge in [0.25, 0.3) is 0 Å². The predicted octanol–water partition coefficient (Wildman–Crippen LogP) is 3.36. The number of methoxy groups -OCH3 is 1. The highest BCUT2D eigenvalue weighted by molar-refractivity contribution is 6.03. The van der Waals surface area contributed by atoms with Gasteiger partial charge in [-0.25, -0.2) is 13.5 Å². The molecule has 0 saturated heterocycles. The highest BCUT2D eigenvalue weighted by Crippen LogP contribution is 2.35. The molecule has 3 aromatic rings. The molecule has 2 heterocycles. The first-order valence-corrected chi connectivity index (χ1v) is 8.74. The van der Waals surface area contributed by atoms with Crippen LogP contribution >= 0.6 is 0 Å². The van der Waals surface area contributed by atoms with Gasteiger partial charge in [0, 0.05) is 17.3 Å². The van der Waals surface area contributed by atoms with Crippen molar-refractivity contribution in [3.05, 3.63) is 60.3 Å². The SMILES string of the molecule is COc1ccc(-c2cnn3c2NC(=O)C[C@H]3C(=O)Nc2ccc(F)c(F)c2)cc1. The Balaban J connectivity index is 1.64. The molecular formula is C20H16F2N4O3. The standard InChI is InChI=1S/C20H16F2N4O3/c1-29-13-5-2-11(3-6-13)14-10-23-26-17(9-18(27)25-19(14)26)20(28)24-12-4-7-15(21)16(22)8-12/h2-8,10,17H,9H2,1H3,(H,24,28)(H,25,27)/t17-/m0/s1. The van der Waals surface area contributed by atoms with Gasteiger partial charge in [-0.2, -0.15) is 5.10 Å². The van der Waals surface area contributed by atoms with E-state index in [1.807, 2.05) is 12.1 Å². The summed E-state index contributed by atoms with van der Waals surface area (Å²) in [6.07, 6.45) is 1.42. The Morgan fingerprint density at radius 2 is 1.97 bits per heavy atom. The number of nitrogens with one attached hydrogen (secondary N) is 2. The molecule has 9 heteroatoms. The van der Waals surface area contributed by atoms with E-state index in [9.17, 15) is 18.4 Å². The Kier molecular flexibility index (Phi) is 4.71. The van der Waals surface area contributed by atoms with Gasteiger partial charge in [0.05, 0.1) is 19.7 Å². The van der Waals surface area contributed by atoms with Gasteiger partial charge in [-0.1, -0.05) is 12.1 Å². The van der Waals surface area contributed by atoms with Crippen LogP contribution in [-0.2, 0) is 9.59 Å². The largest absolute Gasteiger partial charge is 0.497 e. The van der Waals surface area contributed by atoms with Crippen molar-refractivity contribution < 1.29 is 23.1 Å². The first-order valence-electron chi connectivity index (χ1n) is 8.74. The minimum atomic E-state index is -1.08. The highest BCUT2D eigenvalue weighted by atomic mass is 19.2. The third-order valence-electron chi connectivity index (χ3n) is 4.62. The lowest BCUT2D eigenvalue weighted by atomic mass is 10.1. The Labute approximate surface area is 164 Å². The van der Waals surface area contributed by atoms with Crippen LogP contribution in [0.3, 0.4) is 0 Å². The summed E-state index contributed by atoms with van der Waals surface area (Å²) >= 11 is 0. The normalized spacial score (nSPS) is 15.4. The molecule has 1 aromatic heterocycles. The number of carbonyl (C=O) groups is 2. The molecule has 0 bridgehead atoms. The zero-order valence-electron chi connectivity index (χ0n) is 15.3. The maximum atomic E-state index is 13.4. The van der Waals surface area contributed by atoms with Gasteiger partial charge in [0.1, 0.15) is 17.6 Å². The molecule has 29 heavy (non-hydrogen) atoms. The second kappa shape index (κ2) is 7.34. The summed E-state index contributed by atoms with van der Waals surface area (Å²) in [5, 5.41) is 9.51. The second-order valence-corrected chi connectivity index (χ2v) is 6.47. The van der Waals surface area contributed by atoms with Crippen molar-refractivity contribution in [2.75, 3.05) is 17.7 Å².